The SMILES string of the molecule is Cc1cc(C(=O)N2CCCC2c2nc3ccccc3c(=O)n2CCO)nn1C. The summed E-state index contributed by atoms with van der Waals surface area (Å²) in [5.41, 5.74) is 1.70. The molecule has 1 N–H and O–H groups in total. The minimum absolute atomic E-state index is 0.146. The maximum Gasteiger partial charge on any atom is 0.274 e. The van der Waals surface area contributed by atoms with Gasteiger partial charge in [0, 0.05) is 19.3 Å². The summed E-state index contributed by atoms with van der Waals surface area (Å²) < 4.78 is 3.18. The number of benzene rings is 1. The van der Waals surface area contributed by atoms with Crippen molar-refractivity contribution in [1.29, 1.82) is 0 Å². The molecule has 3 heterocycles. The number of carbonyl (C=O) groups excluding carboxylic acids is 1. The van der Waals surface area contributed by atoms with Crippen molar-refractivity contribution in [3.63, 3.8) is 0 Å². The lowest BCUT2D eigenvalue weighted by molar-refractivity contribution is 0.0719. The molecular weight excluding hydrogens is 358 g/mol. The molecule has 8 nitrogen and oxygen atoms in total. The van der Waals surface area contributed by atoms with Gasteiger partial charge >= 0.3 is 0 Å². The van der Waals surface area contributed by atoms with E-state index in [9.17, 15) is 14.7 Å². The van der Waals surface area contributed by atoms with Gasteiger partial charge in [-0.05, 0) is 38.0 Å². The number of hydrogen-bond donors (Lipinski definition) is 1. The van der Waals surface area contributed by atoms with Gasteiger partial charge in [0.25, 0.3) is 11.5 Å². The van der Waals surface area contributed by atoms with E-state index in [0.717, 1.165) is 12.1 Å². The Hall–Kier alpha value is -3.00. The van der Waals surface area contributed by atoms with E-state index in [0.29, 0.717) is 35.4 Å². The van der Waals surface area contributed by atoms with Gasteiger partial charge in [-0.15, -0.1) is 0 Å². The highest BCUT2D eigenvalue weighted by atomic mass is 16.3. The Balaban J connectivity index is 1.80. The van der Waals surface area contributed by atoms with Crippen LogP contribution in [0.3, 0.4) is 0 Å². The first kappa shape index (κ1) is 18.4. The molecule has 0 radical (unpaired) electrons. The molecule has 1 fully saturated rings. The molecule has 1 aliphatic rings. The largest absolute Gasteiger partial charge is 0.395 e. The van der Waals surface area contributed by atoms with Gasteiger partial charge in [0.2, 0.25) is 0 Å². The predicted octanol–water partition coefficient (Wildman–Crippen LogP) is 1.41. The number of amides is 1. The van der Waals surface area contributed by atoms with E-state index in [1.54, 1.807) is 40.9 Å². The summed E-state index contributed by atoms with van der Waals surface area (Å²) in [6, 6.07) is 8.61. The summed E-state index contributed by atoms with van der Waals surface area (Å²) in [6.07, 6.45) is 1.54. The van der Waals surface area contributed by atoms with Gasteiger partial charge in [-0.1, -0.05) is 12.1 Å². The quantitative estimate of drug-likeness (QED) is 0.738. The smallest absolute Gasteiger partial charge is 0.274 e. The zero-order chi connectivity index (χ0) is 19.8. The van der Waals surface area contributed by atoms with Crippen LogP contribution in [0.25, 0.3) is 10.9 Å². The second kappa shape index (κ2) is 7.20. The number of nitrogens with zero attached hydrogens (tertiary/aromatic N) is 5. The standard InChI is InChI=1S/C20H23N5O3/c1-13-12-16(22-23(13)2)20(28)24-9-5-8-17(24)18-21-15-7-4-3-6-14(15)19(27)25(18)10-11-26/h3-4,6-7,12,17,26H,5,8-11H2,1-2H3. The Kier molecular flexibility index (Phi) is 4.72. The molecule has 2 aromatic heterocycles. The van der Waals surface area contributed by atoms with Gasteiger partial charge in [-0.2, -0.15) is 5.10 Å². The molecule has 0 spiro atoms. The van der Waals surface area contributed by atoms with Gasteiger partial charge in [-0.3, -0.25) is 18.8 Å². The molecule has 1 aliphatic heterocycles. The molecule has 1 saturated heterocycles. The lowest BCUT2D eigenvalue weighted by atomic mass is 10.1. The molecule has 0 saturated carbocycles. The number of aliphatic hydroxyl groups is 1. The summed E-state index contributed by atoms with van der Waals surface area (Å²) in [6.45, 7) is 2.45. The third-order valence-electron chi connectivity index (χ3n) is 5.36. The van der Waals surface area contributed by atoms with Crippen molar-refractivity contribution in [2.75, 3.05) is 13.2 Å². The van der Waals surface area contributed by atoms with E-state index in [1.807, 2.05) is 13.0 Å². The van der Waals surface area contributed by atoms with E-state index in [1.165, 1.54) is 4.57 Å². The number of fused-ring (bicyclic) bond motifs is 1. The fourth-order valence-corrected chi connectivity index (χ4v) is 3.85. The molecule has 3 aromatic rings. The summed E-state index contributed by atoms with van der Waals surface area (Å²) >= 11 is 0. The molecule has 1 unspecified atom stereocenters. The van der Waals surface area contributed by atoms with Crippen molar-refractivity contribution in [2.24, 2.45) is 7.05 Å². The van der Waals surface area contributed by atoms with Gasteiger partial charge in [-0.25, -0.2) is 4.98 Å². The molecule has 0 bridgehead atoms. The molecule has 4 rings (SSSR count). The van der Waals surface area contributed by atoms with Crippen LogP contribution in [-0.2, 0) is 13.6 Å². The average molecular weight is 381 g/mol. The highest BCUT2D eigenvalue weighted by Crippen LogP contribution is 2.32. The molecule has 1 atom stereocenters. The summed E-state index contributed by atoms with van der Waals surface area (Å²) in [4.78, 5) is 32.5. The molecule has 146 valence electrons. The van der Waals surface area contributed by atoms with Gasteiger partial charge < -0.3 is 10.0 Å². The van der Waals surface area contributed by atoms with Crippen LogP contribution in [-0.4, -0.2) is 48.4 Å². The van der Waals surface area contributed by atoms with Gasteiger partial charge in [0.05, 0.1) is 30.1 Å². The number of hydrogen-bond acceptors (Lipinski definition) is 5. The Morgan fingerprint density at radius 1 is 1.32 bits per heavy atom. The molecule has 1 amide bonds. The number of aryl methyl sites for hydroxylation is 2. The maximum absolute atomic E-state index is 13.1. The third-order valence-corrected chi connectivity index (χ3v) is 5.36. The number of likely N-dealkylation sites (tertiary alicyclic amines) is 1. The van der Waals surface area contributed by atoms with Gasteiger partial charge in [0.1, 0.15) is 5.82 Å². The first-order chi connectivity index (χ1) is 13.5. The first-order valence-electron chi connectivity index (χ1n) is 9.43. The normalized spacial score (nSPS) is 16.8. The molecular formula is C20H23N5O3. The average Bonchev–Trinajstić information content (AvgIpc) is 3.30. The lowest BCUT2D eigenvalue weighted by Crippen LogP contribution is -2.36. The minimum atomic E-state index is -0.321. The number of para-hydroxylation sites is 1. The third kappa shape index (κ3) is 2.99. The van der Waals surface area contributed by atoms with E-state index in [2.05, 4.69) is 5.10 Å². The van der Waals surface area contributed by atoms with Crippen LogP contribution >= 0.6 is 0 Å². The van der Waals surface area contributed by atoms with Crippen molar-refractivity contribution in [2.45, 2.75) is 32.4 Å². The second-order valence-electron chi connectivity index (χ2n) is 7.12. The maximum atomic E-state index is 13.1. The van der Waals surface area contributed by atoms with Crippen molar-refractivity contribution >= 4 is 16.8 Å². The number of aromatic nitrogens is 4. The fourth-order valence-electron chi connectivity index (χ4n) is 3.85. The highest BCUT2D eigenvalue weighted by molar-refractivity contribution is 5.93. The summed E-state index contributed by atoms with van der Waals surface area (Å²) in [5, 5.41) is 14.3. The minimum Gasteiger partial charge on any atom is -0.395 e. The molecule has 1 aromatic carbocycles. The van der Waals surface area contributed by atoms with E-state index < -0.39 is 0 Å². The molecule has 28 heavy (non-hydrogen) atoms. The fraction of sp³-hybridized carbons (Fsp3) is 0.400. The zero-order valence-electron chi connectivity index (χ0n) is 16.0. The van der Waals surface area contributed by atoms with Crippen molar-refractivity contribution in [3.05, 3.63) is 57.9 Å². The van der Waals surface area contributed by atoms with Crippen LogP contribution in [0.5, 0.6) is 0 Å². The van der Waals surface area contributed by atoms with E-state index in [4.69, 9.17) is 4.98 Å². The van der Waals surface area contributed by atoms with Crippen molar-refractivity contribution in [1.82, 2.24) is 24.2 Å². The molecule has 8 heteroatoms. The highest BCUT2D eigenvalue weighted by Gasteiger charge is 2.35. The summed E-state index contributed by atoms with van der Waals surface area (Å²) in [7, 11) is 1.80. The monoisotopic (exact) mass is 381 g/mol. The zero-order valence-corrected chi connectivity index (χ0v) is 16.0. The number of aliphatic hydroxyl groups excluding tert-OH is 1. The van der Waals surface area contributed by atoms with Crippen molar-refractivity contribution in [3.8, 4) is 0 Å². The Labute approximate surface area is 162 Å². The summed E-state index contributed by atoms with van der Waals surface area (Å²) in [5.74, 6) is 0.361. The molecule has 0 aliphatic carbocycles. The topological polar surface area (TPSA) is 93.2 Å². The van der Waals surface area contributed by atoms with Crippen LogP contribution in [0.4, 0.5) is 0 Å². The Morgan fingerprint density at radius 3 is 2.82 bits per heavy atom. The van der Waals surface area contributed by atoms with E-state index >= 15 is 0 Å². The number of rotatable bonds is 4. The number of carbonyl (C=O) groups is 1. The van der Waals surface area contributed by atoms with Crippen LogP contribution < -0.4 is 5.56 Å². The van der Waals surface area contributed by atoms with Crippen LogP contribution in [0.2, 0.25) is 0 Å². The van der Waals surface area contributed by atoms with Crippen LogP contribution in [0, 0.1) is 6.92 Å². The van der Waals surface area contributed by atoms with Crippen LogP contribution in [0.1, 0.15) is 40.9 Å². The lowest BCUT2D eigenvalue weighted by Gasteiger charge is -2.26. The van der Waals surface area contributed by atoms with Crippen LogP contribution in [0.15, 0.2) is 35.1 Å². The van der Waals surface area contributed by atoms with Gasteiger partial charge in [0.15, 0.2) is 5.69 Å². The second-order valence-corrected chi connectivity index (χ2v) is 7.12. The Bertz CT molecular complexity index is 1080. The predicted molar refractivity (Wildman–Crippen MR) is 104 cm³/mol. The first-order valence-corrected chi connectivity index (χ1v) is 9.43. The van der Waals surface area contributed by atoms with E-state index in [-0.39, 0.29) is 30.7 Å². The van der Waals surface area contributed by atoms with Crippen molar-refractivity contribution < 1.29 is 9.90 Å². The Morgan fingerprint density at radius 2 is 2.11 bits per heavy atom.